The van der Waals surface area contributed by atoms with Crippen molar-refractivity contribution in [2.75, 3.05) is 19.7 Å². The second-order valence-electron chi connectivity index (χ2n) is 5.19. The van der Waals surface area contributed by atoms with E-state index < -0.39 is 0 Å². The van der Waals surface area contributed by atoms with E-state index in [1.807, 2.05) is 12.1 Å². The Balaban J connectivity index is 2.15. The summed E-state index contributed by atoms with van der Waals surface area (Å²) in [5.74, 6) is 0.587. The molecule has 0 aromatic heterocycles. The molecule has 1 N–H and O–H groups in total. The fourth-order valence-corrected chi connectivity index (χ4v) is 2.59. The van der Waals surface area contributed by atoms with Gasteiger partial charge >= 0.3 is 0 Å². The summed E-state index contributed by atoms with van der Waals surface area (Å²) in [6, 6.07) is 8.20. The minimum Gasteiger partial charge on any atom is -0.394 e. The molecule has 0 aliphatic carbocycles. The highest BCUT2D eigenvalue weighted by Gasteiger charge is 2.33. The Morgan fingerprint density at radius 2 is 2.06 bits per heavy atom. The molecule has 0 saturated carbocycles. The van der Waals surface area contributed by atoms with Crippen molar-refractivity contribution in [3.63, 3.8) is 0 Å². The minimum atomic E-state index is -0.0719. The topological polar surface area (TPSA) is 32.7 Å². The van der Waals surface area contributed by atoms with E-state index in [1.165, 1.54) is 0 Å². The molecule has 0 bridgehead atoms. The monoisotopic (exact) mass is 313 g/mol. The largest absolute Gasteiger partial charge is 0.394 e. The summed E-state index contributed by atoms with van der Waals surface area (Å²) in [5.41, 5.74) is 1.15. The molecule has 0 radical (unpaired) electrons. The van der Waals surface area contributed by atoms with Crippen LogP contribution in [0.1, 0.15) is 25.6 Å². The van der Waals surface area contributed by atoms with Gasteiger partial charge in [-0.3, -0.25) is 4.90 Å². The molecule has 100 valence electrons. The molecule has 2 atom stereocenters. The second kappa shape index (κ2) is 6.15. The number of hydrogen-bond donors (Lipinski definition) is 1. The highest BCUT2D eigenvalue weighted by molar-refractivity contribution is 9.10. The number of benzene rings is 1. The summed E-state index contributed by atoms with van der Waals surface area (Å²) in [5, 5.41) is 9.27. The van der Waals surface area contributed by atoms with Crippen LogP contribution < -0.4 is 0 Å². The van der Waals surface area contributed by atoms with Gasteiger partial charge in [-0.05, 0) is 23.6 Å². The van der Waals surface area contributed by atoms with Gasteiger partial charge in [0, 0.05) is 17.6 Å². The van der Waals surface area contributed by atoms with Crippen molar-refractivity contribution in [2.45, 2.75) is 26.2 Å². The first-order valence-corrected chi connectivity index (χ1v) is 7.15. The Morgan fingerprint density at radius 3 is 2.61 bits per heavy atom. The predicted octanol–water partition coefficient (Wildman–Crippen LogP) is 2.80. The number of hydrogen-bond acceptors (Lipinski definition) is 3. The van der Waals surface area contributed by atoms with Gasteiger partial charge in [0.1, 0.15) is 6.23 Å². The molecule has 1 saturated heterocycles. The number of ether oxygens (including phenoxy) is 1. The number of halogens is 1. The summed E-state index contributed by atoms with van der Waals surface area (Å²) >= 11 is 3.44. The van der Waals surface area contributed by atoms with Gasteiger partial charge in [-0.25, -0.2) is 0 Å². The molecular weight excluding hydrogens is 294 g/mol. The molecule has 1 aliphatic heterocycles. The molecule has 1 heterocycles. The average molecular weight is 314 g/mol. The second-order valence-corrected chi connectivity index (χ2v) is 6.11. The third-order valence-corrected chi connectivity index (χ3v) is 3.58. The summed E-state index contributed by atoms with van der Waals surface area (Å²) in [6.45, 7) is 6.27. The van der Waals surface area contributed by atoms with E-state index in [0.29, 0.717) is 5.92 Å². The quantitative estimate of drug-likeness (QED) is 0.927. The number of rotatable bonds is 4. The maximum atomic E-state index is 9.27. The van der Waals surface area contributed by atoms with Crippen molar-refractivity contribution in [1.29, 1.82) is 0 Å². The molecule has 3 nitrogen and oxygen atoms in total. The highest BCUT2D eigenvalue weighted by Crippen LogP contribution is 2.31. The Kier molecular flexibility index (Phi) is 4.78. The summed E-state index contributed by atoms with van der Waals surface area (Å²) in [7, 11) is 0. The predicted molar refractivity (Wildman–Crippen MR) is 75.3 cm³/mol. The van der Waals surface area contributed by atoms with Crippen molar-refractivity contribution < 1.29 is 9.84 Å². The SMILES string of the molecule is CC(C)CN1CC(CO)OC1c1ccc(Br)cc1. The normalized spacial score (nSPS) is 24.9. The highest BCUT2D eigenvalue weighted by atomic mass is 79.9. The van der Waals surface area contributed by atoms with Crippen LogP contribution in [0.4, 0.5) is 0 Å². The van der Waals surface area contributed by atoms with Crippen LogP contribution >= 0.6 is 15.9 Å². The van der Waals surface area contributed by atoms with E-state index in [1.54, 1.807) is 0 Å². The zero-order chi connectivity index (χ0) is 13.1. The molecule has 2 rings (SSSR count). The molecule has 1 aromatic rings. The Hall–Kier alpha value is -0.420. The van der Waals surface area contributed by atoms with Crippen molar-refractivity contribution in [3.05, 3.63) is 34.3 Å². The fraction of sp³-hybridized carbons (Fsp3) is 0.571. The summed E-state index contributed by atoms with van der Waals surface area (Å²) in [4.78, 5) is 2.30. The summed E-state index contributed by atoms with van der Waals surface area (Å²) in [6.07, 6.45) is -0.102. The molecule has 1 fully saturated rings. The molecule has 1 aliphatic rings. The maximum Gasteiger partial charge on any atom is 0.137 e. The van der Waals surface area contributed by atoms with E-state index in [9.17, 15) is 5.11 Å². The van der Waals surface area contributed by atoms with E-state index >= 15 is 0 Å². The van der Waals surface area contributed by atoms with Crippen LogP contribution in [0.2, 0.25) is 0 Å². The number of nitrogens with zero attached hydrogens (tertiary/aromatic N) is 1. The van der Waals surface area contributed by atoms with Crippen LogP contribution in [-0.2, 0) is 4.74 Å². The van der Waals surface area contributed by atoms with Crippen LogP contribution in [0.5, 0.6) is 0 Å². The van der Waals surface area contributed by atoms with Gasteiger partial charge in [0.05, 0.1) is 12.7 Å². The zero-order valence-corrected chi connectivity index (χ0v) is 12.4. The van der Waals surface area contributed by atoms with Crippen molar-refractivity contribution in [1.82, 2.24) is 4.90 Å². The maximum absolute atomic E-state index is 9.27. The van der Waals surface area contributed by atoms with Crippen molar-refractivity contribution >= 4 is 15.9 Å². The fourth-order valence-electron chi connectivity index (χ4n) is 2.33. The van der Waals surface area contributed by atoms with E-state index in [4.69, 9.17) is 4.74 Å². The lowest BCUT2D eigenvalue weighted by Gasteiger charge is -2.24. The van der Waals surface area contributed by atoms with Crippen molar-refractivity contribution in [2.24, 2.45) is 5.92 Å². The molecule has 0 spiro atoms. The molecule has 1 aromatic carbocycles. The Morgan fingerprint density at radius 1 is 1.39 bits per heavy atom. The first kappa shape index (κ1) is 14.0. The van der Waals surface area contributed by atoms with E-state index in [2.05, 4.69) is 46.8 Å². The van der Waals surface area contributed by atoms with Gasteiger partial charge in [-0.15, -0.1) is 0 Å². The van der Waals surface area contributed by atoms with Gasteiger partial charge in [0.25, 0.3) is 0 Å². The van der Waals surface area contributed by atoms with Crippen LogP contribution in [0.3, 0.4) is 0 Å². The molecule has 0 amide bonds. The van der Waals surface area contributed by atoms with Crippen LogP contribution in [0, 0.1) is 5.92 Å². The molecular formula is C14H20BrNO2. The smallest absolute Gasteiger partial charge is 0.137 e. The van der Waals surface area contributed by atoms with E-state index in [0.717, 1.165) is 23.1 Å². The molecule has 18 heavy (non-hydrogen) atoms. The standard InChI is InChI=1S/C14H20BrNO2/c1-10(2)7-16-8-13(9-17)18-14(16)11-3-5-12(15)6-4-11/h3-6,10,13-14,17H,7-9H2,1-2H3. The summed E-state index contributed by atoms with van der Waals surface area (Å²) < 4.78 is 6.98. The Bertz CT molecular complexity index is 380. The lowest BCUT2D eigenvalue weighted by Crippen LogP contribution is -2.29. The minimum absolute atomic E-state index is 0.0300. The third-order valence-electron chi connectivity index (χ3n) is 3.05. The first-order valence-electron chi connectivity index (χ1n) is 6.36. The van der Waals surface area contributed by atoms with Gasteiger partial charge in [-0.1, -0.05) is 41.9 Å². The van der Waals surface area contributed by atoms with Crippen molar-refractivity contribution in [3.8, 4) is 0 Å². The first-order chi connectivity index (χ1) is 8.60. The lowest BCUT2D eigenvalue weighted by atomic mass is 10.1. The molecule has 2 unspecified atom stereocenters. The average Bonchev–Trinajstić information content (AvgIpc) is 2.72. The van der Waals surface area contributed by atoms with Gasteiger partial charge in [0.2, 0.25) is 0 Å². The van der Waals surface area contributed by atoms with Crippen LogP contribution in [0.15, 0.2) is 28.7 Å². The third kappa shape index (κ3) is 3.32. The van der Waals surface area contributed by atoms with Crippen LogP contribution in [0.25, 0.3) is 0 Å². The van der Waals surface area contributed by atoms with Crippen LogP contribution in [-0.4, -0.2) is 35.8 Å². The number of aliphatic hydroxyl groups excluding tert-OH is 1. The van der Waals surface area contributed by atoms with Gasteiger partial charge in [0.15, 0.2) is 0 Å². The number of aliphatic hydroxyl groups is 1. The van der Waals surface area contributed by atoms with Gasteiger partial charge < -0.3 is 9.84 Å². The lowest BCUT2D eigenvalue weighted by molar-refractivity contribution is -0.0218. The molecule has 4 heteroatoms. The Labute approximate surface area is 117 Å². The van der Waals surface area contributed by atoms with E-state index in [-0.39, 0.29) is 18.9 Å². The van der Waals surface area contributed by atoms with Gasteiger partial charge in [-0.2, -0.15) is 0 Å². The zero-order valence-electron chi connectivity index (χ0n) is 10.8.